The van der Waals surface area contributed by atoms with Crippen molar-refractivity contribution in [1.29, 1.82) is 0 Å². The van der Waals surface area contributed by atoms with Gasteiger partial charge < -0.3 is 15.2 Å². The normalized spacial score (nSPS) is 22.8. The van der Waals surface area contributed by atoms with Crippen LogP contribution in [0.3, 0.4) is 0 Å². The number of carbonyl (C=O) groups excluding carboxylic acids is 1. The van der Waals surface area contributed by atoms with Gasteiger partial charge in [-0.05, 0) is 55.7 Å². The summed E-state index contributed by atoms with van der Waals surface area (Å²) in [5.74, 6) is -0.0552. The van der Waals surface area contributed by atoms with Gasteiger partial charge >= 0.3 is 0 Å². The molecule has 2 heterocycles. The highest BCUT2D eigenvalue weighted by molar-refractivity contribution is 5.96. The topological polar surface area (TPSA) is 97.2 Å². The Morgan fingerprint density at radius 2 is 2.09 bits per heavy atom. The van der Waals surface area contributed by atoms with Crippen molar-refractivity contribution >= 4 is 16.8 Å². The first-order chi connectivity index (χ1) is 16.3. The predicted molar refractivity (Wildman–Crippen MR) is 129 cm³/mol. The molecule has 0 unspecified atom stereocenters. The van der Waals surface area contributed by atoms with E-state index in [1.807, 2.05) is 0 Å². The molecular formula is C26H31FN4O3. The van der Waals surface area contributed by atoms with Crippen LogP contribution in [-0.4, -0.2) is 45.5 Å². The van der Waals surface area contributed by atoms with Crippen LogP contribution in [0.15, 0.2) is 36.4 Å². The average molecular weight is 467 g/mol. The third kappa shape index (κ3) is 5.11. The molecule has 4 rings (SSSR count). The molecule has 1 amide bonds. The minimum Gasteiger partial charge on any atom is -0.507 e. The predicted octanol–water partition coefficient (Wildman–Crippen LogP) is 5.22. The Bertz CT molecular complexity index is 1170. The van der Waals surface area contributed by atoms with Crippen LogP contribution >= 0.6 is 0 Å². The summed E-state index contributed by atoms with van der Waals surface area (Å²) in [7, 11) is 1.54. The van der Waals surface area contributed by atoms with Gasteiger partial charge in [0.05, 0.1) is 11.2 Å². The van der Waals surface area contributed by atoms with Crippen LogP contribution in [0.5, 0.6) is 11.6 Å². The fourth-order valence-corrected chi connectivity index (χ4v) is 4.87. The van der Waals surface area contributed by atoms with Gasteiger partial charge in [0.2, 0.25) is 5.88 Å². The molecule has 180 valence electrons. The van der Waals surface area contributed by atoms with E-state index in [-0.39, 0.29) is 28.6 Å². The van der Waals surface area contributed by atoms with Crippen molar-refractivity contribution in [2.24, 2.45) is 5.41 Å². The number of alkyl halides is 1. The Balaban J connectivity index is 1.55. The molecule has 0 spiro atoms. The molecule has 3 atom stereocenters. The average Bonchev–Trinajstić information content (AvgIpc) is 2.96. The van der Waals surface area contributed by atoms with Crippen LogP contribution in [0.1, 0.15) is 62.9 Å². The van der Waals surface area contributed by atoms with Gasteiger partial charge in [-0.15, -0.1) is 10.2 Å². The largest absolute Gasteiger partial charge is 0.507 e. The number of pyridine rings is 1. The van der Waals surface area contributed by atoms with Crippen molar-refractivity contribution in [3.8, 4) is 22.9 Å². The number of aromatic hydroxyl groups is 1. The van der Waals surface area contributed by atoms with E-state index in [9.17, 15) is 14.3 Å². The molecule has 0 bridgehead atoms. The zero-order valence-corrected chi connectivity index (χ0v) is 19.8. The number of hydrogen-bond donors (Lipinski definition) is 2. The van der Waals surface area contributed by atoms with Crippen molar-refractivity contribution in [3.05, 3.63) is 42.1 Å². The van der Waals surface area contributed by atoms with Crippen molar-refractivity contribution in [1.82, 2.24) is 20.5 Å². The van der Waals surface area contributed by atoms with Crippen molar-refractivity contribution in [3.63, 3.8) is 0 Å². The molecule has 8 heteroatoms. The lowest BCUT2D eigenvalue weighted by Gasteiger charge is -2.31. The highest BCUT2D eigenvalue weighted by atomic mass is 19.1. The Morgan fingerprint density at radius 1 is 1.26 bits per heavy atom. The van der Waals surface area contributed by atoms with E-state index in [0.717, 1.165) is 31.1 Å². The zero-order valence-electron chi connectivity index (χ0n) is 19.8. The fourth-order valence-electron chi connectivity index (χ4n) is 4.87. The highest BCUT2D eigenvalue weighted by Crippen LogP contribution is 2.40. The second kappa shape index (κ2) is 9.91. The number of phenolic OH excluding ortho intramolecular Hbond substituents is 1. The number of hydrogen-bond acceptors (Lipinski definition) is 6. The number of amides is 1. The quantitative estimate of drug-likeness (QED) is 0.483. The number of halogens is 1. The standard InChI is InChI=1S/C26H31FN4O3/c1-4-11-26(2)12-5-6-18(27)23(15-26)34-24-10-9-19(30-31-24)17-13-16-7-8-20(25(33)28-3)29-21(16)14-22(17)32/h7-10,13-14,18,23,32H,4-6,11-12,15H2,1-3H3,(H,28,33)/t18-,23+,26+/m0/s1. The maximum absolute atomic E-state index is 14.8. The van der Waals surface area contributed by atoms with Crippen LogP contribution in [0.25, 0.3) is 22.2 Å². The summed E-state index contributed by atoms with van der Waals surface area (Å²) in [6.45, 7) is 4.37. The van der Waals surface area contributed by atoms with E-state index in [1.54, 1.807) is 30.3 Å². The third-order valence-corrected chi connectivity index (χ3v) is 6.67. The van der Waals surface area contributed by atoms with Crippen LogP contribution in [0, 0.1) is 5.41 Å². The van der Waals surface area contributed by atoms with E-state index in [4.69, 9.17) is 4.74 Å². The maximum Gasteiger partial charge on any atom is 0.269 e. The first-order valence-electron chi connectivity index (χ1n) is 11.8. The lowest BCUT2D eigenvalue weighted by molar-refractivity contribution is 0.0600. The first kappa shape index (κ1) is 23.9. The first-order valence-corrected chi connectivity index (χ1v) is 11.8. The van der Waals surface area contributed by atoms with Gasteiger partial charge in [0.1, 0.15) is 23.7 Å². The molecule has 1 aromatic carbocycles. The number of ether oxygens (including phenoxy) is 1. The zero-order chi connectivity index (χ0) is 24.3. The molecule has 1 fully saturated rings. The summed E-state index contributed by atoms with van der Waals surface area (Å²) in [4.78, 5) is 16.1. The summed E-state index contributed by atoms with van der Waals surface area (Å²) in [6.07, 6.45) is 3.55. The van der Waals surface area contributed by atoms with Crippen LogP contribution in [-0.2, 0) is 0 Å². The molecule has 1 aliphatic carbocycles. The van der Waals surface area contributed by atoms with Gasteiger partial charge in [-0.25, -0.2) is 9.37 Å². The lowest BCUT2D eigenvalue weighted by atomic mass is 9.78. The molecule has 2 N–H and O–H groups in total. The molecule has 1 aliphatic rings. The molecule has 0 aliphatic heterocycles. The summed E-state index contributed by atoms with van der Waals surface area (Å²) < 4.78 is 20.8. The second-order valence-electron chi connectivity index (χ2n) is 9.42. The molecule has 3 aromatic rings. The number of benzene rings is 1. The molecule has 0 saturated heterocycles. The Hall–Kier alpha value is -3.29. The van der Waals surface area contributed by atoms with E-state index in [0.29, 0.717) is 29.6 Å². The maximum atomic E-state index is 14.8. The SMILES string of the molecule is CCC[C@]1(C)CCC[C@H](F)[C@H](Oc2ccc(-c3cc4ccc(C(=O)NC)nc4cc3O)nn2)C1. The Morgan fingerprint density at radius 3 is 2.79 bits per heavy atom. The number of phenols is 1. The van der Waals surface area contributed by atoms with Gasteiger partial charge in [-0.1, -0.05) is 26.3 Å². The van der Waals surface area contributed by atoms with E-state index in [2.05, 4.69) is 34.3 Å². The molecule has 34 heavy (non-hydrogen) atoms. The molecular weight excluding hydrogens is 435 g/mol. The number of nitrogens with zero attached hydrogens (tertiary/aromatic N) is 3. The molecule has 2 aromatic heterocycles. The number of rotatable bonds is 6. The Labute approximate surface area is 198 Å². The highest BCUT2D eigenvalue weighted by Gasteiger charge is 2.36. The van der Waals surface area contributed by atoms with E-state index < -0.39 is 12.3 Å². The van der Waals surface area contributed by atoms with Crippen LogP contribution in [0.4, 0.5) is 4.39 Å². The van der Waals surface area contributed by atoms with Gasteiger partial charge in [0.25, 0.3) is 5.91 Å². The summed E-state index contributed by atoms with van der Waals surface area (Å²) >= 11 is 0. The molecule has 1 saturated carbocycles. The minimum absolute atomic E-state index is 0.0278. The van der Waals surface area contributed by atoms with Gasteiger partial charge in [-0.3, -0.25) is 4.79 Å². The molecule has 0 radical (unpaired) electrons. The lowest BCUT2D eigenvalue weighted by Crippen LogP contribution is -2.32. The number of aromatic nitrogens is 3. The van der Waals surface area contributed by atoms with Gasteiger partial charge in [-0.2, -0.15) is 0 Å². The third-order valence-electron chi connectivity index (χ3n) is 6.67. The van der Waals surface area contributed by atoms with E-state index >= 15 is 0 Å². The van der Waals surface area contributed by atoms with Crippen LogP contribution < -0.4 is 10.1 Å². The van der Waals surface area contributed by atoms with Crippen molar-refractivity contribution < 1.29 is 19.0 Å². The van der Waals surface area contributed by atoms with Gasteiger partial charge in [0.15, 0.2) is 0 Å². The fraction of sp³-hybridized carbons (Fsp3) is 0.462. The molecule has 7 nitrogen and oxygen atoms in total. The number of fused-ring (bicyclic) bond motifs is 1. The Kier molecular flexibility index (Phi) is 6.95. The van der Waals surface area contributed by atoms with E-state index in [1.165, 1.54) is 13.1 Å². The minimum atomic E-state index is -1.03. The van der Waals surface area contributed by atoms with Crippen LogP contribution in [0.2, 0.25) is 0 Å². The smallest absolute Gasteiger partial charge is 0.269 e. The summed E-state index contributed by atoms with van der Waals surface area (Å²) in [5, 5.41) is 22.2. The second-order valence-corrected chi connectivity index (χ2v) is 9.42. The van der Waals surface area contributed by atoms with Crippen molar-refractivity contribution in [2.45, 2.75) is 64.6 Å². The van der Waals surface area contributed by atoms with Gasteiger partial charge in [0, 0.05) is 30.1 Å². The van der Waals surface area contributed by atoms with Crippen molar-refractivity contribution in [2.75, 3.05) is 7.05 Å². The summed E-state index contributed by atoms with van der Waals surface area (Å²) in [6, 6.07) is 9.99. The number of nitrogens with one attached hydrogen (secondary N) is 1. The summed E-state index contributed by atoms with van der Waals surface area (Å²) in [5.41, 5.74) is 1.76. The monoisotopic (exact) mass is 466 g/mol. The number of carbonyl (C=O) groups is 1.